The summed E-state index contributed by atoms with van der Waals surface area (Å²) in [7, 11) is 0. The minimum absolute atomic E-state index is 0.116. The van der Waals surface area contributed by atoms with Gasteiger partial charge in [-0.15, -0.1) is 23.1 Å². The molecule has 1 aromatic heterocycles. The first kappa shape index (κ1) is 18.0. The van der Waals surface area contributed by atoms with Gasteiger partial charge in [-0.25, -0.2) is 4.79 Å². The number of nitrogens with zero attached hydrogens (tertiary/aromatic N) is 1. The van der Waals surface area contributed by atoms with E-state index in [0.29, 0.717) is 22.5 Å². The van der Waals surface area contributed by atoms with Crippen molar-refractivity contribution in [2.24, 2.45) is 11.8 Å². The van der Waals surface area contributed by atoms with E-state index in [4.69, 9.17) is 5.11 Å². The molecule has 0 aromatic carbocycles. The van der Waals surface area contributed by atoms with Gasteiger partial charge in [0.1, 0.15) is 4.88 Å². The summed E-state index contributed by atoms with van der Waals surface area (Å²) in [6, 6.07) is 1.63. The largest absolute Gasteiger partial charge is 0.477 e. The Bertz CT molecular complexity index is 473. The maximum absolute atomic E-state index is 12.3. The van der Waals surface area contributed by atoms with Gasteiger partial charge in [0.15, 0.2) is 0 Å². The average Bonchev–Trinajstić information content (AvgIpc) is 2.82. The van der Waals surface area contributed by atoms with Gasteiger partial charge in [0.2, 0.25) is 5.91 Å². The lowest BCUT2D eigenvalue weighted by atomic mass is 10.1. The summed E-state index contributed by atoms with van der Waals surface area (Å²) in [5.74, 6) is 0.440. The van der Waals surface area contributed by atoms with Crippen LogP contribution in [0.15, 0.2) is 16.3 Å². The first-order chi connectivity index (χ1) is 9.79. The summed E-state index contributed by atoms with van der Waals surface area (Å²) in [5.41, 5.74) is 0. The van der Waals surface area contributed by atoms with Crippen LogP contribution in [-0.4, -0.2) is 40.7 Å². The Morgan fingerprint density at radius 1 is 1.24 bits per heavy atom. The molecule has 1 aromatic rings. The van der Waals surface area contributed by atoms with Crippen molar-refractivity contribution in [1.82, 2.24) is 4.90 Å². The third-order valence-electron chi connectivity index (χ3n) is 2.67. The Kier molecular flexibility index (Phi) is 7.25. The standard InChI is InChI=1S/C15H23NO3S2/c1-10(2)6-16(7-11(3)4)14(17)9-20-12-5-13(15(18)19)21-8-12/h5,8,10-11H,6-7,9H2,1-4H3,(H,18,19). The second kappa shape index (κ2) is 8.44. The molecular weight excluding hydrogens is 306 g/mol. The monoisotopic (exact) mass is 329 g/mol. The van der Waals surface area contributed by atoms with E-state index in [1.165, 1.54) is 23.1 Å². The minimum Gasteiger partial charge on any atom is -0.477 e. The number of rotatable bonds is 8. The molecule has 4 nitrogen and oxygen atoms in total. The molecule has 1 rings (SSSR count). The van der Waals surface area contributed by atoms with Gasteiger partial charge < -0.3 is 10.0 Å². The Morgan fingerprint density at radius 2 is 1.81 bits per heavy atom. The normalized spacial score (nSPS) is 11.1. The van der Waals surface area contributed by atoms with Crippen molar-refractivity contribution in [3.05, 3.63) is 16.3 Å². The van der Waals surface area contributed by atoms with Crippen molar-refractivity contribution < 1.29 is 14.7 Å². The van der Waals surface area contributed by atoms with E-state index in [9.17, 15) is 9.59 Å². The fraction of sp³-hybridized carbons (Fsp3) is 0.600. The number of thiophene rings is 1. The second-order valence-electron chi connectivity index (χ2n) is 5.83. The summed E-state index contributed by atoms with van der Waals surface area (Å²) >= 11 is 2.60. The molecule has 0 aliphatic heterocycles. The Morgan fingerprint density at radius 3 is 2.24 bits per heavy atom. The lowest BCUT2D eigenvalue weighted by Gasteiger charge is -2.26. The third-order valence-corrected chi connectivity index (χ3v) is 4.70. The van der Waals surface area contributed by atoms with Crippen LogP contribution in [0.5, 0.6) is 0 Å². The molecule has 0 fully saturated rings. The second-order valence-corrected chi connectivity index (χ2v) is 7.79. The number of carboxylic acids is 1. The summed E-state index contributed by atoms with van der Waals surface area (Å²) in [6.07, 6.45) is 0. The molecule has 0 saturated heterocycles. The van der Waals surface area contributed by atoms with E-state index in [2.05, 4.69) is 27.7 Å². The maximum Gasteiger partial charge on any atom is 0.345 e. The average molecular weight is 329 g/mol. The predicted octanol–water partition coefficient (Wildman–Crippen LogP) is 3.68. The number of amides is 1. The van der Waals surface area contributed by atoms with Crippen LogP contribution in [0.2, 0.25) is 0 Å². The van der Waals surface area contributed by atoms with Crippen LogP contribution in [0.25, 0.3) is 0 Å². The van der Waals surface area contributed by atoms with Gasteiger partial charge in [-0.2, -0.15) is 0 Å². The first-order valence-electron chi connectivity index (χ1n) is 7.02. The smallest absolute Gasteiger partial charge is 0.345 e. The fourth-order valence-corrected chi connectivity index (χ4v) is 3.67. The van der Waals surface area contributed by atoms with Gasteiger partial charge in [-0.1, -0.05) is 27.7 Å². The van der Waals surface area contributed by atoms with Gasteiger partial charge in [-0.3, -0.25) is 4.79 Å². The zero-order valence-electron chi connectivity index (χ0n) is 13.0. The SMILES string of the molecule is CC(C)CN(CC(C)C)C(=O)CSc1csc(C(=O)O)c1. The zero-order chi connectivity index (χ0) is 16.0. The highest BCUT2D eigenvalue weighted by atomic mass is 32.2. The molecule has 0 saturated carbocycles. The topological polar surface area (TPSA) is 57.6 Å². The van der Waals surface area contributed by atoms with E-state index >= 15 is 0 Å². The Hall–Kier alpha value is -1.01. The van der Waals surface area contributed by atoms with Crippen LogP contribution in [0.1, 0.15) is 37.4 Å². The van der Waals surface area contributed by atoms with Gasteiger partial charge in [0.25, 0.3) is 0 Å². The lowest BCUT2D eigenvalue weighted by Crippen LogP contribution is -2.38. The van der Waals surface area contributed by atoms with Crippen LogP contribution in [-0.2, 0) is 4.79 Å². The molecule has 118 valence electrons. The molecule has 1 N–H and O–H groups in total. The molecule has 0 bridgehead atoms. The van der Waals surface area contributed by atoms with Crippen molar-refractivity contribution in [3.63, 3.8) is 0 Å². The molecule has 6 heteroatoms. The highest BCUT2D eigenvalue weighted by molar-refractivity contribution is 8.00. The number of hydrogen-bond acceptors (Lipinski definition) is 4. The van der Waals surface area contributed by atoms with Gasteiger partial charge in [-0.05, 0) is 17.9 Å². The molecule has 0 aliphatic rings. The lowest BCUT2D eigenvalue weighted by molar-refractivity contribution is -0.129. The van der Waals surface area contributed by atoms with Crippen molar-refractivity contribution in [3.8, 4) is 0 Å². The summed E-state index contributed by atoms with van der Waals surface area (Å²) in [4.78, 5) is 26.2. The number of thioether (sulfide) groups is 1. The summed E-state index contributed by atoms with van der Waals surface area (Å²) in [6.45, 7) is 9.94. The summed E-state index contributed by atoms with van der Waals surface area (Å²) < 4.78 is 0. The van der Waals surface area contributed by atoms with Gasteiger partial charge in [0.05, 0.1) is 5.75 Å². The summed E-state index contributed by atoms with van der Waals surface area (Å²) in [5, 5.41) is 10.7. The number of aromatic carboxylic acids is 1. The number of carbonyl (C=O) groups is 2. The molecule has 1 heterocycles. The number of carbonyl (C=O) groups excluding carboxylic acids is 1. The molecule has 0 aliphatic carbocycles. The molecule has 21 heavy (non-hydrogen) atoms. The molecule has 0 spiro atoms. The van der Waals surface area contributed by atoms with E-state index in [-0.39, 0.29) is 5.91 Å². The van der Waals surface area contributed by atoms with Gasteiger partial charge in [0, 0.05) is 23.4 Å². The highest BCUT2D eigenvalue weighted by Gasteiger charge is 2.17. The number of hydrogen-bond donors (Lipinski definition) is 1. The van der Waals surface area contributed by atoms with E-state index in [1.807, 2.05) is 4.90 Å². The predicted molar refractivity (Wildman–Crippen MR) is 88.3 cm³/mol. The van der Waals surface area contributed by atoms with Crippen LogP contribution in [0.4, 0.5) is 0 Å². The van der Waals surface area contributed by atoms with Crippen LogP contribution in [0, 0.1) is 11.8 Å². The number of carboxylic acid groups (broad SMARTS) is 1. The minimum atomic E-state index is -0.917. The van der Waals surface area contributed by atoms with Crippen LogP contribution < -0.4 is 0 Å². The van der Waals surface area contributed by atoms with Gasteiger partial charge >= 0.3 is 5.97 Å². The molecule has 0 atom stereocenters. The Balaban J connectivity index is 2.57. The van der Waals surface area contributed by atoms with Crippen molar-refractivity contribution in [2.45, 2.75) is 32.6 Å². The molecule has 0 unspecified atom stereocenters. The fourth-order valence-electron chi connectivity index (χ4n) is 1.90. The van der Waals surface area contributed by atoms with Crippen LogP contribution in [0.3, 0.4) is 0 Å². The maximum atomic E-state index is 12.3. The van der Waals surface area contributed by atoms with Crippen LogP contribution >= 0.6 is 23.1 Å². The highest BCUT2D eigenvalue weighted by Crippen LogP contribution is 2.25. The Labute approximate surface area is 134 Å². The van der Waals surface area contributed by atoms with E-state index in [1.54, 1.807) is 11.4 Å². The van der Waals surface area contributed by atoms with Crippen molar-refractivity contribution in [2.75, 3.05) is 18.8 Å². The first-order valence-corrected chi connectivity index (χ1v) is 8.88. The van der Waals surface area contributed by atoms with E-state index in [0.717, 1.165) is 18.0 Å². The molecule has 1 amide bonds. The molecular formula is C15H23NO3S2. The zero-order valence-corrected chi connectivity index (χ0v) is 14.6. The quantitative estimate of drug-likeness (QED) is 0.739. The molecule has 0 radical (unpaired) electrons. The van der Waals surface area contributed by atoms with Crippen molar-refractivity contribution >= 4 is 35.0 Å². The van der Waals surface area contributed by atoms with E-state index < -0.39 is 5.97 Å². The van der Waals surface area contributed by atoms with Crippen molar-refractivity contribution in [1.29, 1.82) is 0 Å². The third kappa shape index (κ3) is 6.52.